The zero-order valence-electron chi connectivity index (χ0n) is 16.6. The van der Waals surface area contributed by atoms with Crippen LogP contribution in [0.15, 0.2) is 24.3 Å². The second kappa shape index (κ2) is 10.1. The number of carbonyl (C=O) groups is 3. The summed E-state index contributed by atoms with van der Waals surface area (Å²) >= 11 is 0. The molecule has 1 aliphatic heterocycles. The number of hydrogen-bond acceptors (Lipinski definition) is 5. The Morgan fingerprint density at radius 2 is 2.00 bits per heavy atom. The van der Waals surface area contributed by atoms with Crippen molar-refractivity contribution in [1.82, 2.24) is 15.5 Å². The molecule has 0 saturated carbocycles. The van der Waals surface area contributed by atoms with Crippen LogP contribution in [0.2, 0.25) is 0 Å². The summed E-state index contributed by atoms with van der Waals surface area (Å²) in [5, 5.41) is 14.8. The average molecular weight is 391 g/mol. The van der Waals surface area contributed by atoms with Crippen molar-refractivity contribution in [2.75, 3.05) is 13.7 Å². The van der Waals surface area contributed by atoms with E-state index in [1.165, 1.54) is 0 Å². The third-order valence-corrected chi connectivity index (χ3v) is 5.14. The molecular formula is C20H29N3O5. The Morgan fingerprint density at radius 3 is 2.57 bits per heavy atom. The first-order valence-corrected chi connectivity index (χ1v) is 9.54. The highest BCUT2D eigenvalue weighted by molar-refractivity contribution is 6.04. The number of imide groups is 1. The van der Waals surface area contributed by atoms with Gasteiger partial charge in [0.15, 0.2) is 0 Å². The summed E-state index contributed by atoms with van der Waals surface area (Å²) in [5.41, 5.74) is 0.807. The van der Waals surface area contributed by atoms with Crippen LogP contribution in [0.25, 0.3) is 0 Å². The minimum atomic E-state index is -0.715. The van der Waals surface area contributed by atoms with Crippen LogP contribution in [-0.2, 0) is 16.1 Å². The van der Waals surface area contributed by atoms with Crippen molar-refractivity contribution in [3.63, 3.8) is 0 Å². The van der Waals surface area contributed by atoms with E-state index in [4.69, 9.17) is 4.74 Å². The average Bonchev–Trinajstić information content (AvgIpc) is 2.97. The normalized spacial score (nSPS) is 18.6. The lowest BCUT2D eigenvalue weighted by atomic mass is 9.99. The summed E-state index contributed by atoms with van der Waals surface area (Å²) in [7, 11) is 1.57. The molecule has 1 fully saturated rings. The highest BCUT2D eigenvalue weighted by Crippen LogP contribution is 2.17. The molecule has 2 rings (SSSR count). The molecule has 3 N–H and O–H groups in total. The molecule has 0 aromatic heterocycles. The number of benzene rings is 1. The summed E-state index contributed by atoms with van der Waals surface area (Å²) in [5.74, 6) is 0.273. The number of rotatable bonds is 10. The lowest BCUT2D eigenvalue weighted by molar-refractivity contribution is -0.128. The number of ether oxygens (including phenoxy) is 1. The van der Waals surface area contributed by atoms with Crippen molar-refractivity contribution in [2.45, 2.75) is 51.7 Å². The SMILES string of the molecule is CC[C@H](C)[C@H](CO)NC(=O)CC[C@@H]1NC(=O)N(Cc2ccc(OC)cc2)C1=O. The molecule has 28 heavy (non-hydrogen) atoms. The molecule has 1 heterocycles. The standard InChI is InChI=1S/C20H29N3O5/c1-4-13(2)17(12-24)21-18(25)10-9-16-19(26)23(20(27)22-16)11-14-5-7-15(28-3)8-6-14/h5-8,13,16-17,24H,4,9-12H2,1-3H3,(H,21,25)(H,22,27)/t13-,16-,17-/m0/s1. The van der Waals surface area contributed by atoms with Gasteiger partial charge in [0.2, 0.25) is 5.91 Å². The van der Waals surface area contributed by atoms with Crippen molar-refractivity contribution in [2.24, 2.45) is 5.92 Å². The van der Waals surface area contributed by atoms with E-state index in [0.29, 0.717) is 5.75 Å². The predicted molar refractivity (Wildman–Crippen MR) is 104 cm³/mol. The smallest absolute Gasteiger partial charge is 0.325 e. The van der Waals surface area contributed by atoms with Crippen LogP contribution in [0.1, 0.15) is 38.7 Å². The molecule has 4 amide bonds. The molecule has 0 spiro atoms. The Hall–Kier alpha value is -2.61. The Labute approximate surface area is 165 Å². The molecule has 8 nitrogen and oxygen atoms in total. The molecular weight excluding hydrogens is 362 g/mol. The lowest BCUT2D eigenvalue weighted by Gasteiger charge is -2.22. The fourth-order valence-corrected chi connectivity index (χ4v) is 3.04. The van der Waals surface area contributed by atoms with Gasteiger partial charge in [-0.2, -0.15) is 0 Å². The van der Waals surface area contributed by atoms with E-state index in [0.717, 1.165) is 16.9 Å². The number of hydrogen-bond donors (Lipinski definition) is 3. The number of carbonyl (C=O) groups excluding carboxylic acids is 3. The minimum absolute atomic E-state index is 0.0972. The van der Waals surface area contributed by atoms with Crippen LogP contribution in [0.3, 0.4) is 0 Å². The Kier molecular flexibility index (Phi) is 7.80. The van der Waals surface area contributed by atoms with Crippen LogP contribution in [0, 0.1) is 5.92 Å². The van der Waals surface area contributed by atoms with Crippen LogP contribution >= 0.6 is 0 Å². The maximum Gasteiger partial charge on any atom is 0.325 e. The summed E-state index contributed by atoms with van der Waals surface area (Å²) in [6.07, 6.45) is 1.15. The van der Waals surface area contributed by atoms with E-state index in [9.17, 15) is 19.5 Å². The number of nitrogens with zero attached hydrogens (tertiary/aromatic N) is 1. The maximum atomic E-state index is 12.5. The van der Waals surface area contributed by atoms with Crippen molar-refractivity contribution in [3.8, 4) is 5.75 Å². The highest BCUT2D eigenvalue weighted by Gasteiger charge is 2.37. The lowest BCUT2D eigenvalue weighted by Crippen LogP contribution is -2.42. The van der Waals surface area contributed by atoms with E-state index >= 15 is 0 Å². The molecule has 8 heteroatoms. The van der Waals surface area contributed by atoms with E-state index in [-0.39, 0.29) is 49.8 Å². The number of nitrogens with one attached hydrogen (secondary N) is 2. The molecule has 0 bridgehead atoms. The third kappa shape index (κ3) is 5.45. The fourth-order valence-electron chi connectivity index (χ4n) is 3.04. The van der Waals surface area contributed by atoms with Gasteiger partial charge in [-0.15, -0.1) is 0 Å². The van der Waals surface area contributed by atoms with E-state index in [1.807, 2.05) is 13.8 Å². The van der Waals surface area contributed by atoms with Crippen molar-refractivity contribution < 1.29 is 24.2 Å². The molecule has 1 aromatic carbocycles. The van der Waals surface area contributed by atoms with Gasteiger partial charge in [0.05, 0.1) is 26.3 Å². The van der Waals surface area contributed by atoms with Crippen molar-refractivity contribution in [3.05, 3.63) is 29.8 Å². The number of amides is 4. The molecule has 1 saturated heterocycles. The summed E-state index contributed by atoms with van der Waals surface area (Å²) < 4.78 is 5.10. The molecule has 1 aromatic rings. The minimum Gasteiger partial charge on any atom is -0.497 e. The van der Waals surface area contributed by atoms with Crippen LogP contribution in [0.5, 0.6) is 5.75 Å². The first kappa shape index (κ1) is 21.7. The highest BCUT2D eigenvalue weighted by atomic mass is 16.5. The van der Waals surface area contributed by atoms with Gasteiger partial charge in [0, 0.05) is 6.42 Å². The molecule has 0 unspecified atom stereocenters. The summed E-state index contributed by atoms with van der Waals surface area (Å²) in [6, 6.07) is 5.65. The summed E-state index contributed by atoms with van der Waals surface area (Å²) in [6.45, 7) is 3.98. The van der Waals surface area contributed by atoms with Gasteiger partial charge >= 0.3 is 6.03 Å². The molecule has 0 radical (unpaired) electrons. The first-order chi connectivity index (χ1) is 13.4. The molecule has 154 valence electrons. The third-order valence-electron chi connectivity index (χ3n) is 5.14. The first-order valence-electron chi connectivity index (χ1n) is 9.54. The van der Waals surface area contributed by atoms with Gasteiger partial charge in [0.25, 0.3) is 5.91 Å². The Balaban J connectivity index is 1.87. The predicted octanol–water partition coefficient (Wildman–Crippen LogP) is 1.42. The van der Waals surface area contributed by atoms with Gasteiger partial charge < -0.3 is 20.5 Å². The number of urea groups is 1. The molecule has 1 aliphatic rings. The zero-order chi connectivity index (χ0) is 20.7. The van der Waals surface area contributed by atoms with E-state index < -0.39 is 12.1 Å². The zero-order valence-corrected chi connectivity index (χ0v) is 16.6. The fraction of sp³-hybridized carbons (Fsp3) is 0.550. The number of aliphatic hydroxyl groups is 1. The summed E-state index contributed by atoms with van der Waals surface area (Å²) in [4.78, 5) is 38.0. The van der Waals surface area contributed by atoms with Gasteiger partial charge in [-0.25, -0.2) is 4.79 Å². The van der Waals surface area contributed by atoms with Crippen molar-refractivity contribution in [1.29, 1.82) is 0 Å². The second-order valence-corrected chi connectivity index (χ2v) is 7.06. The quantitative estimate of drug-likeness (QED) is 0.523. The topological polar surface area (TPSA) is 108 Å². The Morgan fingerprint density at radius 1 is 1.32 bits per heavy atom. The monoisotopic (exact) mass is 391 g/mol. The van der Waals surface area contributed by atoms with Gasteiger partial charge in [-0.1, -0.05) is 32.4 Å². The van der Waals surface area contributed by atoms with Gasteiger partial charge in [-0.05, 0) is 30.0 Å². The number of methoxy groups -OCH3 is 1. The second-order valence-electron chi connectivity index (χ2n) is 7.06. The molecule has 3 atom stereocenters. The Bertz CT molecular complexity index is 692. The van der Waals surface area contributed by atoms with E-state index in [2.05, 4.69) is 10.6 Å². The van der Waals surface area contributed by atoms with Gasteiger partial charge in [-0.3, -0.25) is 14.5 Å². The van der Waals surface area contributed by atoms with Crippen LogP contribution in [0.4, 0.5) is 4.79 Å². The van der Waals surface area contributed by atoms with E-state index in [1.54, 1.807) is 31.4 Å². The van der Waals surface area contributed by atoms with Crippen molar-refractivity contribution >= 4 is 17.8 Å². The van der Waals surface area contributed by atoms with Crippen LogP contribution < -0.4 is 15.4 Å². The maximum absolute atomic E-state index is 12.5. The largest absolute Gasteiger partial charge is 0.497 e. The molecule has 0 aliphatic carbocycles. The van der Waals surface area contributed by atoms with Gasteiger partial charge in [0.1, 0.15) is 11.8 Å². The van der Waals surface area contributed by atoms with Crippen LogP contribution in [-0.4, -0.2) is 53.7 Å². The number of aliphatic hydroxyl groups excluding tert-OH is 1.